The molecular weight excluding hydrogens is 304 g/mol. The Morgan fingerprint density at radius 3 is 3.14 bits per heavy atom. The van der Waals surface area contributed by atoms with E-state index in [0.717, 1.165) is 43.3 Å². The van der Waals surface area contributed by atoms with Gasteiger partial charge in [-0.1, -0.05) is 0 Å². The standard InChI is InChI=1S/C14H17ClN6O/c1-19-6-10(4-17-19)7-20-8-11-9-22-3-2-21(11)13-12(20)5-16-14(15)18-13/h4-6,11H,2-3,7-9H2,1H3. The minimum absolute atomic E-state index is 0.284. The number of fused-ring (bicyclic) bond motifs is 3. The van der Waals surface area contributed by atoms with E-state index in [2.05, 4.69) is 24.9 Å². The van der Waals surface area contributed by atoms with Crippen LogP contribution in [0.25, 0.3) is 0 Å². The van der Waals surface area contributed by atoms with Gasteiger partial charge >= 0.3 is 0 Å². The van der Waals surface area contributed by atoms with Gasteiger partial charge in [0.05, 0.1) is 37.3 Å². The molecule has 22 heavy (non-hydrogen) atoms. The van der Waals surface area contributed by atoms with Gasteiger partial charge in [0.15, 0.2) is 5.82 Å². The summed E-state index contributed by atoms with van der Waals surface area (Å²) in [7, 11) is 1.92. The predicted octanol–water partition coefficient (Wildman–Crippen LogP) is 1.09. The van der Waals surface area contributed by atoms with Gasteiger partial charge in [-0.2, -0.15) is 10.1 Å². The Morgan fingerprint density at radius 1 is 1.41 bits per heavy atom. The molecule has 4 rings (SSSR count). The van der Waals surface area contributed by atoms with Gasteiger partial charge in [-0.3, -0.25) is 4.68 Å². The van der Waals surface area contributed by atoms with E-state index < -0.39 is 0 Å². The number of rotatable bonds is 2. The molecule has 2 aromatic rings. The smallest absolute Gasteiger partial charge is 0.224 e. The third-order valence-electron chi connectivity index (χ3n) is 4.12. The van der Waals surface area contributed by atoms with E-state index in [1.165, 1.54) is 0 Å². The van der Waals surface area contributed by atoms with Crippen LogP contribution in [0.4, 0.5) is 11.5 Å². The van der Waals surface area contributed by atoms with Crippen molar-refractivity contribution in [2.24, 2.45) is 7.05 Å². The number of morpholine rings is 1. The molecule has 0 saturated carbocycles. The average Bonchev–Trinajstić information content (AvgIpc) is 2.92. The van der Waals surface area contributed by atoms with Gasteiger partial charge in [0.25, 0.3) is 0 Å². The maximum Gasteiger partial charge on any atom is 0.224 e. The van der Waals surface area contributed by atoms with Crippen LogP contribution in [0.2, 0.25) is 5.28 Å². The Morgan fingerprint density at radius 2 is 2.32 bits per heavy atom. The number of hydrogen-bond donors (Lipinski definition) is 0. The first-order valence-electron chi connectivity index (χ1n) is 7.30. The van der Waals surface area contributed by atoms with Crippen molar-refractivity contribution in [1.29, 1.82) is 0 Å². The fourth-order valence-corrected chi connectivity index (χ4v) is 3.27. The van der Waals surface area contributed by atoms with E-state index in [4.69, 9.17) is 16.3 Å². The summed E-state index contributed by atoms with van der Waals surface area (Å²) in [5.41, 5.74) is 2.18. The van der Waals surface area contributed by atoms with E-state index in [1.54, 1.807) is 0 Å². The predicted molar refractivity (Wildman–Crippen MR) is 83.3 cm³/mol. The second-order valence-electron chi connectivity index (χ2n) is 5.67. The van der Waals surface area contributed by atoms with E-state index in [-0.39, 0.29) is 5.28 Å². The van der Waals surface area contributed by atoms with Crippen molar-refractivity contribution >= 4 is 23.1 Å². The molecule has 0 N–H and O–H groups in total. The Bertz CT molecular complexity index is 690. The van der Waals surface area contributed by atoms with Crippen LogP contribution in [0.15, 0.2) is 18.6 Å². The van der Waals surface area contributed by atoms with Crippen molar-refractivity contribution in [2.45, 2.75) is 12.6 Å². The summed E-state index contributed by atoms with van der Waals surface area (Å²) in [4.78, 5) is 13.2. The number of aromatic nitrogens is 4. The van der Waals surface area contributed by atoms with E-state index in [0.29, 0.717) is 12.6 Å². The highest BCUT2D eigenvalue weighted by atomic mass is 35.5. The number of halogens is 1. The molecular formula is C14H17ClN6O. The van der Waals surface area contributed by atoms with Gasteiger partial charge in [-0.25, -0.2) is 4.98 Å². The van der Waals surface area contributed by atoms with E-state index in [1.807, 2.05) is 30.3 Å². The highest BCUT2D eigenvalue weighted by molar-refractivity contribution is 6.28. The molecule has 0 spiro atoms. The minimum Gasteiger partial charge on any atom is -0.377 e. The first kappa shape index (κ1) is 13.8. The lowest BCUT2D eigenvalue weighted by molar-refractivity contribution is 0.0936. The molecule has 7 nitrogen and oxygen atoms in total. The van der Waals surface area contributed by atoms with E-state index in [9.17, 15) is 0 Å². The summed E-state index contributed by atoms with van der Waals surface area (Å²) in [5.74, 6) is 0.906. The van der Waals surface area contributed by atoms with Crippen LogP contribution in [0.5, 0.6) is 0 Å². The van der Waals surface area contributed by atoms with Crippen LogP contribution in [0.1, 0.15) is 5.56 Å². The van der Waals surface area contributed by atoms with Gasteiger partial charge in [0, 0.05) is 38.4 Å². The number of anilines is 2. The van der Waals surface area contributed by atoms with Gasteiger partial charge in [-0.15, -0.1) is 0 Å². The quantitative estimate of drug-likeness (QED) is 0.772. The Labute approximate surface area is 133 Å². The Hall–Kier alpha value is -1.86. The lowest BCUT2D eigenvalue weighted by Gasteiger charge is -2.45. The Kier molecular flexibility index (Phi) is 3.38. The number of aryl methyl sites for hydroxylation is 1. The van der Waals surface area contributed by atoms with Gasteiger partial charge in [0.1, 0.15) is 0 Å². The molecule has 116 valence electrons. The number of ether oxygens (including phenoxy) is 1. The molecule has 0 bridgehead atoms. The third-order valence-corrected chi connectivity index (χ3v) is 4.31. The topological polar surface area (TPSA) is 59.3 Å². The zero-order valence-corrected chi connectivity index (χ0v) is 13.1. The molecule has 2 aliphatic rings. The second kappa shape index (κ2) is 5.40. The molecule has 0 aliphatic carbocycles. The highest BCUT2D eigenvalue weighted by Crippen LogP contribution is 2.35. The Balaban J connectivity index is 1.70. The molecule has 0 radical (unpaired) electrons. The summed E-state index contributed by atoms with van der Waals surface area (Å²) in [6.45, 7) is 3.93. The SMILES string of the molecule is Cn1cc(CN2CC3COCCN3c3nc(Cl)ncc32)cn1. The lowest BCUT2D eigenvalue weighted by atomic mass is 10.1. The highest BCUT2D eigenvalue weighted by Gasteiger charge is 2.34. The van der Waals surface area contributed by atoms with Crippen LogP contribution in [0, 0.1) is 0 Å². The van der Waals surface area contributed by atoms with E-state index >= 15 is 0 Å². The second-order valence-corrected chi connectivity index (χ2v) is 6.01. The number of nitrogens with zero attached hydrogens (tertiary/aromatic N) is 6. The van der Waals surface area contributed by atoms with Crippen molar-refractivity contribution in [3.8, 4) is 0 Å². The average molecular weight is 321 g/mol. The van der Waals surface area contributed by atoms with Crippen molar-refractivity contribution in [3.05, 3.63) is 29.4 Å². The summed E-state index contributed by atoms with van der Waals surface area (Å²) in [5, 5.41) is 4.52. The lowest BCUT2D eigenvalue weighted by Crippen LogP contribution is -2.55. The maximum atomic E-state index is 6.01. The molecule has 0 aromatic carbocycles. The van der Waals surface area contributed by atoms with Crippen LogP contribution in [-0.2, 0) is 18.3 Å². The molecule has 1 unspecified atom stereocenters. The largest absolute Gasteiger partial charge is 0.377 e. The zero-order chi connectivity index (χ0) is 15.1. The summed E-state index contributed by atoms with van der Waals surface area (Å²) in [6.07, 6.45) is 5.73. The van der Waals surface area contributed by atoms with Crippen molar-refractivity contribution in [2.75, 3.05) is 36.1 Å². The maximum absolute atomic E-state index is 6.01. The molecule has 2 aromatic heterocycles. The van der Waals surface area contributed by atoms with Crippen LogP contribution in [-0.4, -0.2) is 52.1 Å². The van der Waals surface area contributed by atoms with Crippen LogP contribution < -0.4 is 9.80 Å². The zero-order valence-electron chi connectivity index (χ0n) is 12.3. The minimum atomic E-state index is 0.284. The van der Waals surface area contributed by atoms with Gasteiger partial charge in [0.2, 0.25) is 5.28 Å². The number of hydrogen-bond acceptors (Lipinski definition) is 6. The van der Waals surface area contributed by atoms with Crippen LogP contribution in [0.3, 0.4) is 0 Å². The normalized spacial score (nSPS) is 20.7. The van der Waals surface area contributed by atoms with Gasteiger partial charge < -0.3 is 14.5 Å². The molecule has 1 fully saturated rings. The third kappa shape index (κ3) is 2.40. The summed E-state index contributed by atoms with van der Waals surface area (Å²) >= 11 is 6.01. The summed E-state index contributed by atoms with van der Waals surface area (Å²) < 4.78 is 7.44. The molecule has 0 amide bonds. The molecule has 1 atom stereocenters. The molecule has 4 heterocycles. The molecule has 1 saturated heterocycles. The fourth-order valence-electron chi connectivity index (χ4n) is 3.14. The van der Waals surface area contributed by atoms with Crippen molar-refractivity contribution in [3.63, 3.8) is 0 Å². The van der Waals surface area contributed by atoms with Gasteiger partial charge in [-0.05, 0) is 11.6 Å². The molecule has 2 aliphatic heterocycles. The molecule has 8 heteroatoms. The summed E-state index contributed by atoms with van der Waals surface area (Å²) in [6, 6.07) is 0.295. The van der Waals surface area contributed by atoms with Crippen molar-refractivity contribution < 1.29 is 4.74 Å². The first-order valence-corrected chi connectivity index (χ1v) is 7.68. The fraction of sp³-hybridized carbons (Fsp3) is 0.500. The van der Waals surface area contributed by atoms with Crippen LogP contribution >= 0.6 is 11.6 Å². The monoisotopic (exact) mass is 320 g/mol. The van der Waals surface area contributed by atoms with Crippen molar-refractivity contribution in [1.82, 2.24) is 19.7 Å². The first-order chi connectivity index (χ1) is 10.7.